The first kappa shape index (κ1) is 22.8. The van der Waals surface area contributed by atoms with Crippen molar-refractivity contribution in [2.24, 2.45) is 0 Å². The number of rotatable bonds is 6. The number of allylic oxidation sites excluding steroid dienone is 1. The second-order valence-electron chi connectivity index (χ2n) is 8.29. The highest BCUT2D eigenvalue weighted by Crippen LogP contribution is 2.60. The van der Waals surface area contributed by atoms with Crippen LogP contribution in [0.15, 0.2) is 12.1 Å². The number of hydrogen-bond acceptors (Lipinski definition) is 5. The summed E-state index contributed by atoms with van der Waals surface area (Å²) in [5.74, 6) is -0.682. The molecule has 0 spiro atoms. The molecule has 0 amide bonds. The molecular weight excluding hydrogens is 382 g/mol. The van der Waals surface area contributed by atoms with E-state index in [4.69, 9.17) is 0 Å². The zero-order chi connectivity index (χ0) is 21.3. The number of ketones is 1. The summed E-state index contributed by atoms with van der Waals surface area (Å²) in [6, 6.07) is 1.85. The van der Waals surface area contributed by atoms with E-state index >= 15 is 0 Å². The fourth-order valence-corrected chi connectivity index (χ4v) is 4.73. The van der Waals surface area contributed by atoms with E-state index in [9.17, 15) is 18.9 Å². The second kappa shape index (κ2) is 8.10. The molecule has 1 aromatic rings. The van der Waals surface area contributed by atoms with Gasteiger partial charge in [-0.25, -0.2) is 4.39 Å². The van der Waals surface area contributed by atoms with Crippen LogP contribution in [0.2, 0.25) is 0 Å². The van der Waals surface area contributed by atoms with Crippen LogP contribution in [0.4, 0.5) is 4.39 Å². The van der Waals surface area contributed by atoms with Crippen molar-refractivity contribution >= 4 is 19.5 Å². The number of benzene rings is 1. The number of carbonyl (C=O) groups is 1. The summed E-state index contributed by atoms with van der Waals surface area (Å²) >= 11 is 0. The molecule has 1 N–H and O–H groups in total. The monoisotopic (exact) mass is 412 g/mol. The first-order valence-corrected chi connectivity index (χ1v) is 10.9. The van der Waals surface area contributed by atoms with E-state index in [-0.39, 0.29) is 5.41 Å². The standard InChI is InChI=1S/C21H30FO5P/c1-20(2,3)17-13-14(15-9-7-8-10-16(15)19(17)24)11-12-18(23)21(4,22)28(25,26-5)27-6/h11-13,24H,7-10H2,1-6H3/b12-11+. The summed E-state index contributed by atoms with van der Waals surface area (Å²) < 4.78 is 36.7. The molecule has 1 aliphatic carbocycles. The smallest absolute Gasteiger partial charge is 0.374 e. The molecule has 0 radical (unpaired) electrons. The topological polar surface area (TPSA) is 72.8 Å². The predicted molar refractivity (Wildman–Crippen MR) is 109 cm³/mol. The molecule has 156 valence electrons. The summed E-state index contributed by atoms with van der Waals surface area (Å²) in [5.41, 5.74) is 3.13. The Morgan fingerprint density at radius 1 is 1.14 bits per heavy atom. The molecule has 1 atom stereocenters. The van der Waals surface area contributed by atoms with Crippen LogP contribution >= 0.6 is 7.60 Å². The van der Waals surface area contributed by atoms with Crippen LogP contribution in [-0.2, 0) is 36.7 Å². The van der Waals surface area contributed by atoms with E-state index in [1.807, 2.05) is 26.8 Å². The molecule has 0 saturated heterocycles. The minimum absolute atomic E-state index is 0.292. The van der Waals surface area contributed by atoms with Gasteiger partial charge in [0.1, 0.15) is 5.75 Å². The number of phenols is 1. The van der Waals surface area contributed by atoms with Crippen molar-refractivity contribution in [2.75, 3.05) is 14.2 Å². The van der Waals surface area contributed by atoms with Gasteiger partial charge in [0, 0.05) is 19.8 Å². The summed E-state index contributed by atoms with van der Waals surface area (Å²) in [7, 11) is -2.14. The van der Waals surface area contributed by atoms with Crippen molar-refractivity contribution in [1.82, 2.24) is 0 Å². The molecule has 2 rings (SSSR count). The zero-order valence-corrected chi connectivity index (χ0v) is 18.4. The van der Waals surface area contributed by atoms with Crippen LogP contribution in [0.3, 0.4) is 0 Å². The lowest BCUT2D eigenvalue weighted by Crippen LogP contribution is -2.30. The Bertz CT molecular complexity index is 828. The van der Waals surface area contributed by atoms with Crippen LogP contribution in [0.25, 0.3) is 6.08 Å². The van der Waals surface area contributed by atoms with Gasteiger partial charge in [0.15, 0.2) is 0 Å². The molecule has 0 bridgehead atoms. The highest BCUT2D eigenvalue weighted by molar-refractivity contribution is 7.56. The number of aromatic hydroxyl groups is 1. The van der Waals surface area contributed by atoms with Crippen molar-refractivity contribution in [3.05, 3.63) is 34.4 Å². The second-order valence-corrected chi connectivity index (χ2v) is 10.9. The fourth-order valence-electron chi connectivity index (χ4n) is 3.55. The summed E-state index contributed by atoms with van der Waals surface area (Å²) in [6.45, 7) is 6.91. The molecule has 0 saturated carbocycles. The number of fused-ring (bicyclic) bond motifs is 1. The molecule has 1 unspecified atom stereocenters. The van der Waals surface area contributed by atoms with E-state index in [1.165, 1.54) is 6.08 Å². The minimum Gasteiger partial charge on any atom is -0.507 e. The van der Waals surface area contributed by atoms with Gasteiger partial charge < -0.3 is 14.2 Å². The van der Waals surface area contributed by atoms with E-state index in [0.29, 0.717) is 5.75 Å². The molecule has 1 aromatic carbocycles. The van der Waals surface area contributed by atoms with Gasteiger partial charge >= 0.3 is 7.60 Å². The Morgan fingerprint density at radius 2 is 1.68 bits per heavy atom. The zero-order valence-electron chi connectivity index (χ0n) is 17.5. The van der Waals surface area contributed by atoms with Crippen molar-refractivity contribution in [3.8, 4) is 5.75 Å². The van der Waals surface area contributed by atoms with E-state index < -0.39 is 18.8 Å². The Kier molecular flexibility index (Phi) is 6.59. The molecule has 0 heterocycles. The number of hydrogen-bond donors (Lipinski definition) is 1. The Balaban J connectivity index is 2.51. The quantitative estimate of drug-likeness (QED) is 0.506. The lowest BCUT2D eigenvalue weighted by molar-refractivity contribution is -0.121. The van der Waals surface area contributed by atoms with E-state index in [0.717, 1.165) is 75.2 Å². The van der Waals surface area contributed by atoms with Crippen LogP contribution in [0, 0.1) is 0 Å². The van der Waals surface area contributed by atoms with Crippen molar-refractivity contribution in [2.45, 2.75) is 64.2 Å². The maximum absolute atomic E-state index is 15.0. The van der Waals surface area contributed by atoms with Crippen LogP contribution in [-0.4, -0.2) is 30.5 Å². The van der Waals surface area contributed by atoms with Crippen LogP contribution < -0.4 is 0 Å². The van der Waals surface area contributed by atoms with Crippen molar-refractivity contribution in [1.29, 1.82) is 0 Å². The summed E-state index contributed by atoms with van der Waals surface area (Å²) in [6.07, 6.45) is 6.14. The van der Waals surface area contributed by atoms with Crippen LogP contribution in [0.1, 0.15) is 62.8 Å². The van der Waals surface area contributed by atoms with E-state index in [1.54, 1.807) is 0 Å². The molecule has 0 fully saturated rings. The molecule has 28 heavy (non-hydrogen) atoms. The van der Waals surface area contributed by atoms with Crippen molar-refractivity contribution in [3.63, 3.8) is 0 Å². The first-order valence-electron chi connectivity index (χ1n) is 9.40. The van der Waals surface area contributed by atoms with Gasteiger partial charge in [0.2, 0.25) is 5.78 Å². The normalized spacial score (nSPS) is 17.4. The number of carbonyl (C=O) groups excluding carboxylic acids is 1. The van der Waals surface area contributed by atoms with Gasteiger partial charge in [0.25, 0.3) is 5.41 Å². The molecule has 0 aromatic heterocycles. The van der Waals surface area contributed by atoms with Gasteiger partial charge in [-0.05, 0) is 66.9 Å². The maximum atomic E-state index is 15.0. The predicted octanol–water partition coefficient (Wildman–Crippen LogP) is 5.32. The third kappa shape index (κ3) is 4.10. The molecule has 7 heteroatoms. The van der Waals surface area contributed by atoms with Gasteiger partial charge in [-0.15, -0.1) is 0 Å². The fraction of sp³-hybridized carbons (Fsp3) is 0.571. The molecule has 0 aliphatic heterocycles. The minimum atomic E-state index is -4.24. The molecular formula is C21H30FO5P. The largest absolute Gasteiger partial charge is 0.507 e. The Labute approximate surface area is 166 Å². The average molecular weight is 412 g/mol. The average Bonchev–Trinajstić information content (AvgIpc) is 2.65. The summed E-state index contributed by atoms with van der Waals surface area (Å²) in [5, 5.41) is 7.96. The SMILES string of the molecule is COP(=O)(OC)C(C)(F)C(=O)/C=C/c1cc(C(C)(C)C)c(O)c2c1CCCC2. The van der Waals surface area contributed by atoms with Gasteiger partial charge in [-0.2, -0.15) is 0 Å². The number of halogens is 1. The Hall–Kier alpha value is -1.49. The molecule has 5 nitrogen and oxygen atoms in total. The van der Waals surface area contributed by atoms with Crippen molar-refractivity contribution < 1.29 is 27.9 Å². The number of phenolic OH excluding ortho intramolecular Hbond substituents is 1. The van der Waals surface area contributed by atoms with Gasteiger partial charge in [-0.1, -0.05) is 26.8 Å². The van der Waals surface area contributed by atoms with E-state index in [2.05, 4.69) is 9.05 Å². The first-order chi connectivity index (χ1) is 12.9. The highest BCUT2D eigenvalue weighted by Gasteiger charge is 2.52. The summed E-state index contributed by atoms with van der Waals surface area (Å²) in [4.78, 5) is 12.5. The lowest BCUT2D eigenvalue weighted by atomic mass is 9.79. The molecule has 1 aliphatic rings. The lowest BCUT2D eigenvalue weighted by Gasteiger charge is -2.27. The Morgan fingerprint density at radius 3 is 2.18 bits per heavy atom. The van der Waals surface area contributed by atoms with Gasteiger partial charge in [0.05, 0.1) is 0 Å². The number of alkyl halides is 1. The third-order valence-electron chi connectivity index (χ3n) is 5.32. The van der Waals surface area contributed by atoms with Crippen LogP contribution in [0.5, 0.6) is 5.75 Å². The highest BCUT2D eigenvalue weighted by atomic mass is 31.2. The maximum Gasteiger partial charge on any atom is 0.374 e. The third-order valence-corrected chi connectivity index (χ3v) is 7.53. The van der Waals surface area contributed by atoms with Gasteiger partial charge in [-0.3, -0.25) is 9.36 Å².